The first-order valence-corrected chi connectivity index (χ1v) is 6.48. The molecule has 0 heterocycles. The zero-order chi connectivity index (χ0) is 11.6. The lowest BCUT2D eigenvalue weighted by Gasteiger charge is -2.18. The third kappa shape index (κ3) is 2.76. The minimum Gasteiger partial charge on any atom is -0.323 e. The van der Waals surface area contributed by atoms with Crippen LogP contribution in [0.15, 0.2) is 24.3 Å². The Morgan fingerprint density at radius 1 is 1.33 bits per heavy atom. The Bertz CT molecular complexity index is 444. The largest absolute Gasteiger partial charge is 0.323 e. The molecule has 0 amide bonds. The van der Waals surface area contributed by atoms with Gasteiger partial charge < -0.3 is 5.73 Å². The van der Waals surface area contributed by atoms with Gasteiger partial charge in [0.25, 0.3) is 0 Å². The second kappa shape index (κ2) is 4.28. The standard InChI is InChI=1S/C10H14FNO2S/c1-7(15(2,13)14)10(12)8-5-3-4-6-9(8)11/h3-7,10H,12H2,1-2H3/t7-,10+/m0/s1. The maximum absolute atomic E-state index is 13.3. The van der Waals surface area contributed by atoms with E-state index in [2.05, 4.69) is 0 Å². The molecular weight excluding hydrogens is 217 g/mol. The average molecular weight is 231 g/mol. The molecule has 1 aromatic carbocycles. The first kappa shape index (κ1) is 12.1. The molecule has 2 atom stereocenters. The van der Waals surface area contributed by atoms with Gasteiger partial charge in [-0.25, -0.2) is 12.8 Å². The fraction of sp³-hybridized carbons (Fsp3) is 0.400. The van der Waals surface area contributed by atoms with Crippen LogP contribution in [-0.4, -0.2) is 19.9 Å². The number of rotatable bonds is 3. The fourth-order valence-electron chi connectivity index (χ4n) is 1.26. The number of halogens is 1. The zero-order valence-electron chi connectivity index (χ0n) is 8.64. The summed E-state index contributed by atoms with van der Waals surface area (Å²) in [5.41, 5.74) is 5.94. The lowest BCUT2D eigenvalue weighted by Crippen LogP contribution is -2.31. The van der Waals surface area contributed by atoms with Crippen LogP contribution in [0.5, 0.6) is 0 Å². The van der Waals surface area contributed by atoms with Crippen LogP contribution in [0.3, 0.4) is 0 Å². The summed E-state index contributed by atoms with van der Waals surface area (Å²) < 4.78 is 35.8. The van der Waals surface area contributed by atoms with Gasteiger partial charge in [-0.3, -0.25) is 0 Å². The van der Waals surface area contributed by atoms with Crippen molar-refractivity contribution in [1.29, 1.82) is 0 Å². The molecule has 0 aliphatic carbocycles. The minimum absolute atomic E-state index is 0.232. The fourth-order valence-corrected chi connectivity index (χ4v) is 1.94. The van der Waals surface area contributed by atoms with Gasteiger partial charge in [-0.1, -0.05) is 18.2 Å². The smallest absolute Gasteiger partial charge is 0.151 e. The van der Waals surface area contributed by atoms with Crippen LogP contribution in [0.4, 0.5) is 4.39 Å². The van der Waals surface area contributed by atoms with Gasteiger partial charge in [0.05, 0.1) is 5.25 Å². The number of benzene rings is 1. The highest BCUT2D eigenvalue weighted by atomic mass is 32.2. The van der Waals surface area contributed by atoms with E-state index in [0.717, 1.165) is 6.26 Å². The van der Waals surface area contributed by atoms with Crippen LogP contribution in [0.25, 0.3) is 0 Å². The van der Waals surface area contributed by atoms with E-state index in [0.29, 0.717) is 0 Å². The molecule has 0 aromatic heterocycles. The van der Waals surface area contributed by atoms with Gasteiger partial charge in [-0.2, -0.15) is 0 Å². The molecule has 1 rings (SSSR count). The molecule has 0 aliphatic rings. The van der Waals surface area contributed by atoms with Gasteiger partial charge in [0.15, 0.2) is 9.84 Å². The van der Waals surface area contributed by atoms with Crippen molar-refractivity contribution in [2.75, 3.05) is 6.26 Å². The third-order valence-corrected chi connectivity index (χ3v) is 4.09. The SMILES string of the molecule is C[C@@H]([C@@H](N)c1ccccc1F)S(C)(=O)=O. The monoisotopic (exact) mass is 231 g/mol. The molecule has 2 N–H and O–H groups in total. The Morgan fingerprint density at radius 2 is 1.87 bits per heavy atom. The summed E-state index contributed by atoms with van der Waals surface area (Å²) in [5.74, 6) is -0.472. The maximum Gasteiger partial charge on any atom is 0.151 e. The lowest BCUT2D eigenvalue weighted by atomic mass is 10.0. The Hall–Kier alpha value is -0.940. The van der Waals surface area contributed by atoms with E-state index in [9.17, 15) is 12.8 Å². The van der Waals surface area contributed by atoms with Crippen molar-refractivity contribution < 1.29 is 12.8 Å². The topological polar surface area (TPSA) is 60.2 Å². The van der Waals surface area contributed by atoms with Gasteiger partial charge in [-0.05, 0) is 13.0 Å². The van der Waals surface area contributed by atoms with E-state index in [-0.39, 0.29) is 5.56 Å². The predicted octanol–water partition coefficient (Wildman–Crippen LogP) is 1.26. The Labute approximate surface area is 89.0 Å². The van der Waals surface area contributed by atoms with E-state index < -0.39 is 26.9 Å². The molecule has 0 saturated heterocycles. The molecule has 0 radical (unpaired) electrons. The Balaban J connectivity index is 3.06. The molecule has 0 saturated carbocycles. The quantitative estimate of drug-likeness (QED) is 0.852. The number of nitrogens with two attached hydrogens (primary N) is 1. The van der Waals surface area contributed by atoms with Gasteiger partial charge in [0.1, 0.15) is 5.82 Å². The number of sulfone groups is 1. The van der Waals surface area contributed by atoms with Gasteiger partial charge in [-0.15, -0.1) is 0 Å². The third-order valence-electron chi connectivity index (χ3n) is 2.45. The number of hydrogen-bond acceptors (Lipinski definition) is 3. The Kier molecular flexibility index (Phi) is 3.46. The molecule has 84 valence electrons. The average Bonchev–Trinajstić information content (AvgIpc) is 2.15. The first-order valence-electron chi connectivity index (χ1n) is 4.53. The molecule has 0 unspecified atom stereocenters. The second-order valence-corrected chi connectivity index (χ2v) is 5.98. The van der Waals surface area contributed by atoms with Crippen LogP contribution < -0.4 is 5.73 Å². The van der Waals surface area contributed by atoms with E-state index in [1.54, 1.807) is 6.07 Å². The summed E-state index contributed by atoms with van der Waals surface area (Å²) in [6.45, 7) is 1.48. The highest BCUT2D eigenvalue weighted by Crippen LogP contribution is 2.21. The van der Waals surface area contributed by atoms with Crippen LogP contribution in [0, 0.1) is 5.82 Å². The van der Waals surface area contributed by atoms with Gasteiger partial charge in [0, 0.05) is 17.9 Å². The van der Waals surface area contributed by atoms with Crippen molar-refractivity contribution >= 4 is 9.84 Å². The van der Waals surface area contributed by atoms with Crippen molar-refractivity contribution in [3.8, 4) is 0 Å². The van der Waals surface area contributed by atoms with E-state index in [4.69, 9.17) is 5.73 Å². The summed E-state index contributed by atoms with van der Waals surface area (Å²) in [4.78, 5) is 0. The number of hydrogen-bond donors (Lipinski definition) is 1. The second-order valence-electron chi connectivity index (χ2n) is 3.58. The summed E-state index contributed by atoms with van der Waals surface area (Å²) in [6, 6.07) is 5.11. The molecule has 1 aromatic rings. The normalized spacial score (nSPS) is 16.0. The molecule has 0 fully saturated rings. The van der Waals surface area contributed by atoms with E-state index in [1.807, 2.05) is 0 Å². The molecule has 3 nitrogen and oxygen atoms in total. The van der Waals surface area contributed by atoms with Gasteiger partial charge >= 0.3 is 0 Å². The molecule has 15 heavy (non-hydrogen) atoms. The highest BCUT2D eigenvalue weighted by molar-refractivity contribution is 7.91. The van der Waals surface area contributed by atoms with Crippen LogP contribution in [0.2, 0.25) is 0 Å². The van der Waals surface area contributed by atoms with E-state index in [1.165, 1.54) is 25.1 Å². The first-order chi connectivity index (χ1) is 6.84. The van der Waals surface area contributed by atoms with Crippen LogP contribution in [0.1, 0.15) is 18.5 Å². The van der Waals surface area contributed by atoms with Crippen LogP contribution >= 0.6 is 0 Å². The lowest BCUT2D eigenvalue weighted by molar-refractivity contribution is 0.550. The summed E-state index contributed by atoms with van der Waals surface area (Å²) in [6.07, 6.45) is 1.10. The van der Waals surface area contributed by atoms with Crippen molar-refractivity contribution in [2.45, 2.75) is 18.2 Å². The molecule has 0 spiro atoms. The summed E-state index contributed by atoms with van der Waals surface area (Å²) in [5, 5.41) is -0.797. The van der Waals surface area contributed by atoms with E-state index >= 15 is 0 Å². The van der Waals surface area contributed by atoms with Crippen molar-refractivity contribution in [3.63, 3.8) is 0 Å². The maximum atomic E-state index is 13.3. The molecule has 5 heteroatoms. The van der Waals surface area contributed by atoms with Crippen LogP contribution in [-0.2, 0) is 9.84 Å². The van der Waals surface area contributed by atoms with Crippen molar-refractivity contribution in [2.24, 2.45) is 5.73 Å². The minimum atomic E-state index is -3.26. The predicted molar refractivity (Wildman–Crippen MR) is 57.6 cm³/mol. The highest BCUT2D eigenvalue weighted by Gasteiger charge is 2.25. The molecule has 0 aliphatic heterocycles. The Morgan fingerprint density at radius 3 is 2.33 bits per heavy atom. The van der Waals surface area contributed by atoms with Crippen molar-refractivity contribution in [1.82, 2.24) is 0 Å². The molecule has 0 bridgehead atoms. The molecular formula is C10H14FNO2S. The zero-order valence-corrected chi connectivity index (χ0v) is 9.46. The van der Waals surface area contributed by atoms with Crippen molar-refractivity contribution in [3.05, 3.63) is 35.6 Å². The summed E-state index contributed by atoms with van der Waals surface area (Å²) >= 11 is 0. The summed E-state index contributed by atoms with van der Waals surface area (Å²) in [7, 11) is -3.26. The van der Waals surface area contributed by atoms with Gasteiger partial charge in [0.2, 0.25) is 0 Å².